The molecular weight excluding hydrogens is 320 g/mol. The molecule has 1 atom stereocenters. The number of amides is 1. The molecule has 0 saturated carbocycles. The predicted octanol–water partition coefficient (Wildman–Crippen LogP) is 1.52. The van der Waals surface area contributed by atoms with Gasteiger partial charge in [-0.3, -0.25) is 9.78 Å². The van der Waals surface area contributed by atoms with Crippen LogP contribution in [0.2, 0.25) is 0 Å². The van der Waals surface area contributed by atoms with Crippen molar-refractivity contribution in [1.29, 1.82) is 0 Å². The van der Waals surface area contributed by atoms with Crippen molar-refractivity contribution in [3.8, 4) is 5.75 Å². The van der Waals surface area contributed by atoms with Gasteiger partial charge in [0.15, 0.2) is 0 Å². The maximum Gasteiger partial charge on any atom is 0.242 e. The van der Waals surface area contributed by atoms with Crippen LogP contribution in [0.3, 0.4) is 0 Å². The number of hydrogen-bond acceptors (Lipinski definition) is 6. The Morgan fingerprint density at radius 1 is 1.28 bits per heavy atom. The topological polar surface area (TPSA) is 94.8 Å². The maximum absolute atomic E-state index is 12.0. The van der Waals surface area contributed by atoms with Crippen molar-refractivity contribution >= 4 is 5.91 Å². The number of benzene rings is 1. The molecule has 2 aromatic heterocycles. The van der Waals surface area contributed by atoms with Crippen LogP contribution in [0.15, 0.2) is 55.0 Å². The van der Waals surface area contributed by atoms with E-state index in [-0.39, 0.29) is 18.5 Å². The van der Waals surface area contributed by atoms with Gasteiger partial charge in [-0.1, -0.05) is 18.2 Å². The molecule has 0 aliphatic carbocycles. The smallest absolute Gasteiger partial charge is 0.242 e. The zero-order valence-electron chi connectivity index (χ0n) is 13.7. The van der Waals surface area contributed by atoms with Gasteiger partial charge >= 0.3 is 0 Å². The van der Waals surface area contributed by atoms with Gasteiger partial charge in [0.2, 0.25) is 5.91 Å². The number of ether oxygens (including phenoxy) is 1. The first-order valence-electron chi connectivity index (χ1n) is 7.83. The summed E-state index contributed by atoms with van der Waals surface area (Å²) in [5.41, 5.74) is 1.80. The third-order valence-corrected chi connectivity index (χ3v) is 3.55. The molecule has 1 amide bonds. The van der Waals surface area contributed by atoms with E-state index in [1.54, 1.807) is 6.20 Å². The van der Waals surface area contributed by atoms with Crippen LogP contribution in [-0.4, -0.2) is 31.1 Å². The zero-order valence-corrected chi connectivity index (χ0v) is 13.7. The second-order valence-corrected chi connectivity index (χ2v) is 5.48. The summed E-state index contributed by atoms with van der Waals surface area (Å²) < 4.78 is 7.14. The van der Waals surface area contributed by atoms with E-state index in [0.717, 1.165) is 17.0 Å². The molecule has 3 rings (SSSR count). The van der Waals surface area contributed by atoms with E-state index in [2.05, 4.69) is 25.8 Å². The van der Waals surface area contributed by atoms with Crippen molar-refractivity contribution in [3.63, 3.8) is 0 Å². The molecule has 1 N–H and O–H groups in total. The van der Waals surface area contributed by atoms with E-state index in [0.29, 0.717) is 6.61 Å². The van der Waals surface area contributed by atoms with Gasteiger partial charge in [-0.05, 0) is 47.2 Å². The van der Waals surface area contributed by atoms with Crippen LogP contribution in [-0.2, 0) is 17.9 Å². The average molecular weight is 338 g/mol. The fourth-order valence-corrected chi connectivity index (χ4v) is 2.28. The fourth-order valence-electron chi connectivity index (χ4n) is 2.28. The van der Waals surface area contributed by atoms with Crippen LogP contribution in [0.1, 0.15) is 24.2 Å². The van der Waals surface area contributed by atoms with Crippen molar-refractivity contribution in [2.45, 2.75) is 26.1 Å². The highest BCUT2D eigenvalue weighted by atomic mass is 16.5. The third kappa shape index (κ3) is 4.84. The highest BCUT2D eigenvalue weighted by Crippen LogP contribution is 2.20. The van der Waals surface area contributed by atoms with Crippen LogP contribution in [0, 0.1) is 0 Å². The molecule has 0 bridgehead atoms. The van der Waals surface area contributed by atoms with E-state index in [1.807, 2.05) is 49.4 Å². The molecule has 0 aliphatic heterocycles. The SMILES string of the molecule is CC(NC(=O)Cn1cnnn1)c1cccc(OCc2ccccn2)c1. The lowest BCUT2D eigenvalue weighted by atomic mass is 10.1. The molecule has 128 valence electrons. The maximum atomic E-state index is 12.0. The normalized spacial score (nSPS) is 11.7. The molecule has 1 unspecified atom stereocenters. The van der Waals surface area contributed by atoms with Gasteiger partial charge < -0.3 is 10.1 Å². The monoisotopic (exact) mass is 338 g/mol. The van der Waals surface area contributed by atoms with Crippen LogP contribution in [0.5, 0.6) is 5.75 Å². The second kappa shape index (κ2) is 8.00. The molecule has 1 aromatic carbocycles. The van der Waals surface area contributed by atoms with Crippen LogP contribution in [0.4, 0.5) is 0 Å². The summed E-state index contributed by atoms with van der Waals surface area (Å²) in [7, 11) is 0. The van der Waals surface area contributed by atoms with Gasteiger partial charge in [0, 0.05) is 6.20 Å². The Kier molecular flexibility index (Phi) is 5.30. The van der Waals surface area contributed by atoms with Gasteiger partial charge in [0.25, 0.3) is 0 Å². The number of tetrazole rings is 1. The van der Waals surface area contributed by atoms with Crippen LogP contribution < -0.4 is 10.1 Å². The summed E-state index contributed by atoms with van der Waals surface area (Å²) in [6, 6.07) is 13.2. The molecule has 0 radical (unpaired) electrons. The number of rotatable bonds is 7. The fraction of sp³-hybridized carbons (Fsp3) is 0.235. The number of nitrogens with one attached hydrogen (secondary N) is 1. The molecule has 0 spiro atoms. The Morgan fingerprint density at radius 3 is 2.96 bits per heavy atom. The number of carbonyl (C=O) groups is 1. The first-order chi connectivity index (χ1) is 12.2. The van der Waals surface area contributed by atoms with E-state index in [1.165, 1.54) is 11.0 Å². The van der Waals surface area contributed by atoms with Crippen molar-refractivity contribution in [2.24, 2.45) is 0 Å². The van der Waals surface area contributed by atoms with E-state index in [4.69, 9.17) is 4.74 Å². The Balaban J connectivity index is 1.57. The molecule has 0 fully saturated rings. The molecule has 0 saturated heterocycles. The number of nitrogens with zero attached hydrogens (tertiary/aromatic N) is 5. The van der Waals surface area contributed by atoms with E-state index < -0.39 is 0 Å². The van der Waals surface area contributed by atoms with Crippen molar-refractivity contribution < 1.29 is 9.53 Å². The first kappa shape index (κ1) is 16.6. The molecule has 8 heteroatoms. The highest BCUT2D eigenvalue weighted by Gasteiger charge is 2.11. The van der Waals surface area contributed by atoms with Crippen molar-refractivity contribution in [3.05, 3.63) is 66.2 Å². The summed E-state index contributed by atoms with van der Waals surface area (Å²) in [4.78, 5) is 16.2. The molecule has 25 heavy (non-hydrogen) atoms. The first-order valence-corrected chi connectivity index (χ1v) is 7.83. The van der Waals surface area contributed by atoms with E-state index in [9.17, 15) is 4.79 Å². The minimum absolute atomic E-state index is 0.0766. The summed E-state index contributed by atoms with van der Waals surface area (Å²) in [5, 5.41) is 13.6. The lowest BCUT2D eigenvalue weighted by Crippen LogP contribution is -2.30. The average Bonchev–Trinajstić information content (AvgIpc) is 3.14. The zero-order chi connectivity index (χ0) is 17.5. The molecular formula is C17H18N6O2. The Hall–Kier alpha value is -3.29. The number of pyridine rings is 1. The van der Waals surface area contributed by atoms with Gasteiger partial charge in [0.05, 0.1) is 11.7 Å². The van der Waals surface area contributed by atoms with Crippen LogP contribution in [0.25, 0.3) is 0 Å². The summed E-state index contributed by atoms with van der Waals surface area (Å²) in [5.74, 6) is 0.560. The predicted molar refractivity (Wildman–Crippen MR) is 89.4 cm³/mol. The number of aromatic nitrogens is 5. The Morgan fingerprint density at radius 2 is 2.20 bits per heavy atom. The molecule has 0 aliphatic rings. The number of carbonyl (C=O) groups excluding carboxylic acids is 1. The van der Waals surface area contributed by atoms with Gasteiger partial charge in [-0.15, -0.1) is 5.10 Å². The molecule has 3 aromatic rings. The van der Waals surface area contributed by atoms with Crippen LogP contribution >= 0.6 is 0 Å². The Labute approximate surface area is 144 Å². The third-order valence-electron chi connectivity index (χ3n) is 3.55. The quantitative estimate of drug-likeness (QED) is 0.702. The summed E-state index contributed by atoms with van der Waals surface area (Å²) in [6.45, 7) is 2.38. The van der Waals surface area contributed by atoms with Gasteiger partial charge in [-0.25, -0.2) is 4.68 Å². The van der Waals surface area contributed by atoms with E-state index >= 15 is 0 Å². The largest absolute Gasteiger partial charge is 0.487 e. The van der Waals surface area contributed by atoms with Crippen molar-refractivity contribution in [1.82, 2.24) is 30.5 Å². The summed E-state index contributed by atoms with van der Waals surface area (Å²) >= 11 is 0. The minimum Gasteiger partial charge on any atom is -0.487 e. The standard InChI is InChI=1S/C17H18N6O2/c1-13(20-17(24)10-23-12-19-21-22-23)14-5-4-7-16(9-14)25-11-15-6-2-3-8-18-15/h2-9,12-13H,10-11H2,1H3,(H,20,24). The lowest BCUT2D eigenvalue weighted by Gasteiger charge is -2.15. The minimum atomic E-state index is -0.167. The number of hydrogen-bond donors (Lipinski definition) is 1. The molecule has 2 heterocycles. The Bertz CT molecular complexity index is 807. The summed E-state index contributed by atoms with van der Waals surface area (Å²) in [6.07, 6.45) is 3.13. The van der Waals surface area contributed by atoms with Gasteiger partial charge in [-0.2, -0.15) is 0 Å². The lowest BCUT2D eigenvalue weighted by molar-refractivity contribution is -0.122. The highest BCUT2D eigenvalue weighted by molar-refractivity contribution is 5.76. The molecule has 8 nitrogen and oxygen atoms in total. The van der Waals surface area contributed by atoms with Crippen molar-refractivity contribution in [2.75, 3.05) is 0 Å². The second-order valence-electron chi connectivity index (χ2n) is 5.48. The van der Waals surface area contributed by atoms with Gasteiger partial charge in [0.1, 0.15) is 25.2 Å².